The average Bonchev–Trinajstić information content (AvgIpc) is 2.66. The lowest BCUT2D eigenvalue weighted by molar-refractivity contribution is -0.135. The van der Waals surface area contributed by atoms with E-state index in [4.69, 9.17) is 18.6 Å². The van der Waals surface area contributed by atoms with Gasteiger partial charge in [-0.15, -0.1) is 0 Å². The fourth-order valence-electron chi connectivity index (χ4n) is 3.80. The van der Waals surface area contributed by atoms with Crippen molar-refractivity contribution in [3.05, 3.63) is 63.5 Å². The van der Waals surface area contributed by atoms with Crippen molar-refractivity contribution in [1.29, 1.82) is 0 Å². The van der Waals surface area contributed by atoms with Gasteiger partial charge in [0.05, 0.1) is 6.42 Å². The van der Waals surface area contributed by atoms with Gasteiger partial charge in [0.1, 0.15) is 24.5 Å². The molecule has 0 unspecified atom stereocenters. The molecule has 0 fully saturated rings. The minimum absolute atomic E-state index is 0.156. The summed E-state index contributed by atoms with van der Waals surface area (Å²) in [6.07, 6.45) is 0.156. The van der Waals surface area contributed by atoms with Gasteiger partial charge < -0.3 is 18.6 Å². The quantitative estimate of drug-likeness (QED) is 0.375. The van der Waals surface area contributed by atoms with Gasteiger partial charge >= 0.3 is 11.6 Å². The van der Waals surface area contributed by atoms with Crippen LogP contribution >= 0.6 is 0 Å². The number of carbonyl (C=O) groups is 1. The van der Waals surface area contributed by atoms with Crippen molar-refractivity contribution in [2.75, 3.05) is 13.2 Å². The molecule has 6 nitrogen and oxygen atoms in total. The number of hydrogen-bond acceptors (Lipinski definition) is 6. The fraction of sp³-hybridized carbons (Fsp3) is 0.238. The van der Waals surface area contributed by atoms with E-state index in [2.05, 4.69) is 0 Å². The summed E-state index contributed by atoms with van der Waals surface area (Å²) in [7, 11) is 0. The predicted octanol–water partition coefficient (Wildman–Crippen LogP) is 3.31. The summed E-state index contributed by atoms with van der Waals surface area (Å²) in [5, 5.41) is 0.828. The van der Waals surface area contributed by atoms with E-state index in [0.29, 0.717) is 41.6 Å². The molecule has 0 amide bonds. The molecule has 0 saturated heterocycles. The smallest absolute Gasteiger partial charge is 0.336 e. The molecule has 3 heterocycles. The number of benzene rings is 2. The summed E-state index contributed by atoms with van der Waals surface area (Å²) < 4.78 is 22.2. The second-order valence-electron chi connectivity index (χ2n) is 6.74. The Hall–Kier alpha value is -3.28. The summed E-state index contributed by atoms with van der Waals surface area (Å²) in [5.41, 5.74) is 2.45. The Morgan fingerprint density at radius 1 is 0.926 bits per heavy atom. The van der Waals surface area contributed by atoms with E-state index in [0.717, 1.165) is 16.5 Å². The molecule has 0 spiro atoms. The number of hydrogen-bond donors (Lipinski definition) is 0. The molecule has 2 aromatic carbocycles. The van der Waals surface area contributed by atoms with E-state index in [-0.39, 0.29) is 18.3 Å². The topological polar surface area (TPSA) is 75.0 Å². The van der Waals surface area contributed by atoms with Crippen molar-refractivity contribution in [3.8, 4) is 17.2 Å². The summed E-state index contributed by atoms with van der Waals surface area (Å²) >= 11 is 0. The van der Waals surface area contributed by atoms with Crippen LogP contribution in [-0.2, 0) is 4.79 Å². The zero-order chi connectivity index (χ0) is 18.5. The molecule has 27 heavy (non-hydrogen) atoms. The van der Waals surface area contributed by atoms with Crippen molar-refractivity contribution in [2.45, 2.75) is 19.3 Å². The summed E-state index contributed by atoms with van der Waals surface area (Å²) in [6.45, 7) is 2.86. The monoisotopic (exact) mass is 364 g/mol. The third-order valence-corrected chi connectivity index (χ3v) is 5.03. The van der Waals surface area contributed by atoms with E-state index in [1.54, 1.807) is 6.07 Å². The maximum atomic E-state index is 12.2. The van der Waals surface area contributed by atoms with Crippen molar-refractivity contribution >= 4 is 16.9 Å². The SMILES string of the molecule is Cc1cc(=O)oc2c3c(ccc12)OC(=O)C[C@H]3c1ccc2c(c1)OCCO2. The highest BCUT2D eigenvalue weighted by Gasteiger charge is 2.32. The van der Waals surface area contributed by atoms with E-state index in [1.807, 2.05) is 31.2 Å². The van der Waals surface area contributed by atoms with E-state index in [9.17, 15) is 9.59 Å². The Morgan fingerprint density at radius 3 is 2.56 bits per heavy atom. The predicted molar refractivity (Wildman–Crippen MR) is 96.7 cm³/mol. The lowest BCUT2D eigenvalue weighted by atomic mass is 9.85. The van der Waals surface area contributed by atoms with Crippen LogP contribution in [0.4, 0.5) is 0 Å². The van der Waals surface area contributed by atoms with Crippen LogP contribution in [0.3, 0.4) is 0 Å². The lowest BCUT2D eigenvalue weighted by Gasteiger charge is -2.27. The number of ether oxygens (including phenoxy) is 3. The Labute approximate surface area is 154 Å². The van der Waals surface area contributed by atoms with Crippen LogP contribution in [0.2, 0.25) is 0 Å². The van der Waals surface area contributed by atoms with Gasteiger partial charge in [-0.25, -0.2) is 4.79 Å². The van der Waals surface area contributed by atoms with Gasteiger partial charge in [-0.1, -0.05) is 6.07 Å². The Balaban J connectivity index is 1.75. The van der Waals surface area contributed by atoms with E-state index < -0.39 is 5.63 Å². The number of aryl methyl sites for hydroxylation is 1. The van der Waals surface area contributed by atoms with Gasteiger partial charge in [-0.3, -0.25) is 4.79 Å². The number of rotatable bonds is 1. The summed E-state index contributed by atoms with van der Waals surface area (Å²) in [4.78, 5) is 24.2. The fourth-order valence-corrected chi connectivity index (χ4v) is 3.80. The molecule has 2 aliphatic heterocycles. The molecule has 2 aliphatic rings. The maximum absolute atomic E-state index is 12.2. The molecule has 1 aromatic heterocycles. The van der Waals surface area contributed by atoms with Crippen molar-refractivity contribution in [3.63, 3.8) is 0 Å². The molecule has 0 saturated carbocycles. The minimum Gasteiger partial charge on any atom is -0.486 e. The van der Waals surface area contributed by atoms with Crippen LogP contribution < -0.4 is 19.8 Å². The van der Waals surface area contributed by atoms with Gasteiger partial charge in [0.2, 0.25) is 0 Å². The Morgan fingerprint density at radius 2 is 1.70 bits per heavy atom. The zero-order valence-electron chi connectivity index (χ0n) is 14.6. The first-order chi connectivity index (χ1) is 13.1. The Bertz CT molecular complexity index is 1140. The molecule has 3 aromatic rings. The normalized spacial score (nSPS) is 18.1. The minimum atomic E-state index is -0.425. The van der Waals surface area contributed by atoms with Crippen LogP contribution in [0.5, 0.6) is 17.2 Å². The molecular formula is C21H16O6. The van der Waals surface area contributed by atoms with Gasteiger partial charge in [0.15, 0.2) is 11.5 Å². The van der Waals surface area contributed by atoms with Crippen LogP contribution in [-0.4, -0.2) is 19.2 Å². The summed E-state index contributed by atoms with van der Waals surface area (Å²) in [6, 6.07) is 10.7. The lowest BCUT2D eigenvalue weighted by Crippen LogP contribution is -2.22. The average molecular weight is 364 g/mol. The molecule has 0 radical (unpaired) electrons. The molecule has 0 N–H and O–H groups in total. The number of carbonyl (C=O) groups excluding carboxylic acids is 1. The summed E-state index contributed by atoms with van der Waals surface area (Å²) in [5.74, 6) is 1.14. The molecule has 0 aliphatic carbocycles. The maximum Gasteiger partial charge on any atom is 0.336 e. The first kappa shape index (κ1) is 15.9. The highest BCUT2D eigenvalue weighted by molar-refractivity contribution is 5.90. The highest BCUT2D eigenvalue weighted by Crippen LogP contribution is 2.45. The van der Waals surface area contributed by atoms with Crippen molar-refractivity contribution < 1.29 is 23.4 Å². The first-order valence-corrected chi connectivity index (χ1v) is 8.78. The van der Waals surface area contributed by atoms with Gasteiger partial charge in [-0.05, 0) is 42.3 Å². The zero-order valence-corrected chi connectivity index (χ0v) is 14.6. The van der Waals surface area contributed by atoms with Crippen LogP contribution in [0.1, 0.15) is 29.0 Å². The van der Waals surface area contributed by atoms with Crippen LogP contribution in [0.15, 0.2) is 45.6 Å². The molecule has 136 valence electrons. The molecule has 1 atom stereocenters. The molecule has 0 bridgehead atoms. The second-order valence-corrected chi connectivity index (χ2v) is 6.74. The van der Waals surface area contributed by atoms with Crippen molar-refractivity contribution in [1.82, 2.24) is 0 Å². The van der Waals surface area contributed by atoms with Crippen molar-refractivity contribution in [2.24, 2.45) is 0 Å². The second kappa shape index (κ2) is 5.87. The van der Waals surface area contributed by atoms with Gasteiger partial charge in [0.25, 0.3) is 0 Å². The first-order valence-electron chi connectivity index (χ1n) is 8.78. The third kappa shape index (κ3) is 2.56. The standard InChI is InChI=1S/C21H16O6/c1-11-8-18(22)27-21-13(11)3-5-16-20(21)14(10-19(23)26-16)12-2-4-15-17(9-12)25-7-6-24-15/h2-5,8-9,14H,6-7,10H2,1H3/t14-/m0/s1. The molecule has 5 rings (SSSR count). The largest absolute Gasteiger partial charge is 0.486 e. The Kier molecular flexibility index (Phi) is 3.47. The number of fused-ring (bicyclic) bond motifs is 4. The van der Waals surface area contributed by atoms with E-state index in [1.165, 1.54) is 6.07 Å². The van der Waals surface area contributed by atoms with E-state index >= 15 is 0 Å². The van der Waals surface area contributed by atoms with Gasteiger partial charge in [-0.2, -0.15) is 0 Å². The highest BCUT2D eigenvalue weighted by atomic mass is 16.6. The van der Waals surface area contributed by atoms with Gasteiger partial charge in [0, 0.05) is 22.9 Å². The van der Waals surface area contributed by atoms with Crippen LogP contribution in [0.25, 0.3) is 11.0 Å². The molecular weight excluding hydrogens is 348 g/mol. The van der Waals surface area contributed by atoms with Crippen LogP contribution in [0, 0.1) is 6.92 Å². The number of esters is 1. The molecule has 6 heteroatoms. The third-order valence-electron chi connectivity index (χ3n) is 5.03.